The molecule has 0 bridgehead atoms. The predicted molar refractivity (Wildman–Crippen MR) is 127 cm³/mol. The van der Waals surface area contributed by atoms with Crippen molar-refractivity contribution >= 4 is 23.4 Å². The fraction of sp³-hybridized carbons (Fsp3) is 0.375. The molecular formula is C24H29FN4O3S. The molecule has 3 aromatic rings. The van der Waals surface area contributed by atoms with Gasteiger partial charge in [-0.1, -0.05) is 43.8 Å². The molecular weight excluding hydrogens is 443 g/mol. The molecule has 0 saturated carbocycles. The quantitative estimate of drug-likeness (QED) is 0.401. The molecule has 1 N–H and O–H groups in total. The molecule has 2 aromatic carbocycles. The van der Waals surface area contributed by atoms with Gasteiger partial charge in [0.1, 0.15) is 17.3 Å². The number of aromatic nitrogens is 3. The average Bonchev–Trinajstić information content (AvgIpc) is 3.16. The van der Waals surface area contributed by atoms with Gasteiger partial charge in [-0.15, -0.1) is 10.2 Å². The molecule has 0 aliphatic rings. The largest absolute Gasteiger partial charge is 0.497 e. The van der Waals surface area contributed by atoms with Crippen LogP contribution in [0.25, 0.3) is 0 Å². The molecule has 3 rings (SSSR count). The fourth-order valence-corrected chi connectivity index (χ4v) is 4.03. The number of hydrogen-bond acceptors (Lipinski definition) is 6. The van der Waals surface area contributed by atoms with Crippen LogP contribution in [-0.2, 0) is 11.3 Å². The van der Waals surface area contributed by atoms with E-state index in [1.54, 1.807) is 26.2 Å². The van der Waals surface area contributed by atoms with Gasteiger partial charge >= 0.3 is 0 Å². The van der Waals surface area contributed by atoms with Crippen LogP contribution in [0.5, 0.6) is 11.5 Å². The van der Waals surface area contributed by atoms with Crippen LogP contribution in [0.2, 0.25) is 0 Å². The number of nitrogens with one attached hydrogen (secondary N) is 1. The van der Waals surface area contributed by atoms with Gasteiger partial charge < -0.3 is 19.4 Å². The number of nitrogens with zero attached hydrogens (tertiary/aromatic N) is 3. The van der Waals surface area contributed by atoms with Crippen LogP contribution in [0.4, 0.5) is 10.1 Å². The number of para-hydroxylation sites is 1. The first-order valence-corrected chi connectivity index (χ1v) is 11.6. The molecule has 176 valence electrons. The number of halogens is 1. The van der Waals surface area contributed by atoms with E-state index in [0.717, 1.165) is 0 Å². The second-order valence-corrected chi connectivity index (χ2v) is 9.32. The highest BCUT2D eigenvalue weighted by Crippen LogP contribution is 2.29. The molecule has 0 aliphatic carbocycles. The third-order valence-corrected chi connectivity index (χ3v) is 5.87. The number of rotatable bonds is 10. The summed E-state index contributed by atoms with van der Waals surface area (Å²) in [5.74, 6) is 1.56. The zero-order chi connectivity index (χ0) is 24.0. The summed E-state index contributed by atoms with van der Waals surface area (Å²) in [5.41, 5.74) is 0.152. The minimum atomic E-state index is -0.512. The summed E-state index contributed by atoms with van der Waals surface area (Å²) in [4.78, 5) is 12.7. The number of thioether (sulfide) groups is 1. The van der Waals surface area contributed by atoms with Gasteiger partial charge in [-0.2, -0.15) is 0 Å². The van der Waals surface area contributed by atoms with Crippen LogP contribution in [0, 0.1) is 11.7 Å². The molecule has 2 atom stereocenters. The van der Waals surface area contributed by atoms with E-state index in [1.807, 2.05) is 35.8 Å². The lowest BCUT2D eigenvalue weighted by Crippen LogP contribution is -2.24. The molecule has 0 radical (unpaired) electrons. The summed E-state index contributed by atoms with van der Waals surface area (Å²) in [7, 11) is 1.61. The summed E-state index contributed by atoms with van der Waals surface area (Å²) in [5, 5.41) is 11.4. The van der Waals surface area contributed by atoms with Gasteiger partial charge in [0.25, 0.3) is 0 Å². The first-order valence-electron chi connectivity index (χ1n) is 10.7. The highest BCUT2D eigenvalue weighted by atomic mass is 32.2. The van der Waals surface area contributed by atoms with Crippen LogP contribution >= 0.6 is 11.8 Å². The second-order valence-electron chi connectivity index (χ2n) is 8.01. The number of amides is 1. The highest BCUT2D eigenvalue weighted by Gasteiger charge is 2.24. The third kappa shape index (κ3) is 6.47. The minimum absolute atomic E-state index is 0.152. The Morgan fingerprint density at radius 3 is 2.52 bits per heavy atom. The maximum Gasteiger partial charge on any atom is 0.237 e. The minimum Gasteiger partial charge on any atom is -0.497 e. The van der Waals surface area contributed by atoms with Crippen molar-refractivity contribution in [1.82, 2.24) is 14.8 Å². The van der Waals surface area contributed by atoms with Crippen LogP contribution < -0.4 is 14.8 Å². The Morgan fingerprint density at radius 1 is 1.09 bits per heavy atom. The first kappa shape index (κ1) is 24.6. The van der Waals surface area contributed by atoms with E-state index >= 15 is 0 Å². The molecule has 33 heavy (non-hydrogen) atoms. The molecule has 2 unspecified atom stereocenters. The topological polar surface area (TPSA) is 78.3 Å². The van der Waals surface area contributed by atoms with Gasteiger partial charge in [0.2, 0.25) is 5.91 Å². The van der Waals surface area contributed by atoms with E-state index in [-0.39, 0.29) is 17.7 Å². The van der Waals surface area contributed by atoms with Gasteiger partial charge in [-0.25, -0.2) is 4.39 Å². The Kier molecular flexibility index (Phi) is 8.32. The smallest absolute Gasteiger partial charge is 0.237 e. The third-order valence-electron chi connectivity index (χ3n) is 4.79. The zero-order valence-corrected chi connectivity index (χ0v) is 20.2. The predicted octanol–water partition coefficient (Wildman–Crippen LogP) is 5.34. The Hall–Kier alpha value is -3.07. The van der Waals surface area contributed by atoms with Gasteiger partial charge in [0, 0.05) is 12.6 Å². The average molecular weight is 473 g/mol. The number of benzene rings is 2. The summed E-state index contributed by atoms with van der Waals surface area (Å²) >= 11 is 1.28. The summed E-state index contributed by atoms with van der Waals surface area (Å²) < 4.78 is 27.2. The van der Waals surface area contributed by atoms with Crippen molar-refractivity contribution in [1.29, 1.82) is 0 Å². The Morgan fingerprint density at radius 2 is 1.82 bits per heavy atom. The lowest BCUT2D eigenvalue weighted by Gasteiger charge is -2.19. The SMILES string of the molecule is COc1cccc(OC(C)c2nnc(SC(C)C(=O)Nc3ccccc3F)n2CC(C)C)c1. The monoisotopic (exact) mass is 472 g/mol. The summed E-state index contributed by atoms with van der Waals surface area (Å²) in [6.07, 6.45) is -0.375. The Bertz CT molecular complexity index is 1090. The Labute approximate surface area is 197 Å². The molecule has 1 aromatic heterocycles. The molecule has 0 fully saturated rings. The lowest BCUT2D eigenvalue weighted by molar-refractivity contribution is -0.115. The van der Waals surface area contributed by atoms with Crippen molar-refractivity contribution in [2.75, 3.05) is 12.4 Å². The number of carbonyl (C=O) groups excluding carboxylic acids is 1. The standard InChI is InChI=1S/C24H29FN4O3S/c1-15(2)14-29-22(16(3)32-19-10-8-9-18(13-19)31-5)27-28-24(29)33-17(4)23(30)26-21-12-7-6-11-20(21)25/h6-13,15-17H,14H2,1-5H3,(H,26,30). The maximum atomic E-state index is 13.9. The van der Waals surface area contributed by atoms with E-state index in [4.69, 9.17) is 9.47 Å². The lowest BCUT2D eigenvalue weighted by atomic mass is 10.2. The van der Waals surface area contributed by atoms with E-state index in [2.05, 4.69) is 29.4 Å². The van der Waals surface area contributed by atoms with Gasteiger partial charge in [-0.3, -0.25) is 4.79 Å². The van der Waals surface area contributed by atoms with Crippen molar-refractivity contribution in [3.8, 4) is 11.5 Å². The molecule has 0 aliphatic heterocycles. The normalized spacial score (nSPS) is 12.9. The number of ether oxygens (including phenoxy) is 2. The number of hydrogen-bond donors (Lipinski definition) is 1. The second kappa shape index (κ2) is 11.2. The molecule has 9 heteroatoms. The van der Waals surface area contributed by atoms with Gasteiger partial charge in [-0.05, 0) is 44.0 Å². The van der Waals surface area contributed by atoms with E-state index in [9.17, 15) is 9.18 Å². The van der Waals surface area contributed by atoms with E-state index in [0.29, 0.717) is 34.9 Å². The van der Waals surface area contributed by atoms with Gasteiger partial charge in [0.15, 0.2) is 17.1 Å². The number of methoxy groups -OCH3 is 1. The molecule has 1 amide bonds. The van der Waals surface area contributed by atoms with Crippen LogP contribution in [0.3, 0.4) is 0 Å². The molecule has 0 saturated heterocycles. The first-order chi connectivity index (χ1) is 15.8. The maximum absolute atomic E-state index is 13.9. The highest BCUT2D eigenvalue weighted by molar-refractivity contribution is 8.00. The van der Waals surface area contributed by atoms with Crippen molar-refractivity contribution in [2.45, 2.75) is 50.8 Å². The van der Waals surface area contributed by atoms with E-state index in [1.165, 1.54) is 23.9 Å². The van der Waals surface area contributed by atoms with Crippen LogP contribution in [-0.4, -0.2) is 33.0 Å². The van der Waals surface area contributed by atoms with Gasteiger partial charge in [0.05, 0.1) is 18.0 Å². The molecule has 1 heterocycles. The number of carbonyl (C=O) groups is 1. The van der Waals surface area contributed by atoms with Crippen molar-refractivity contribution in [3.05, 3.63) is 60.2 Å². The fourth-order valence-electron chi connectivity index (χ4n) is 3.16. The molecule has 7 nitrogen and oxygen atoms in total. The van der Waals surface area contributed by atoms with E-state index < -0.39 is 11.1 Å². The van der Waals surface area contributed by atoms with Crippen LogP contribution in [0.15, 0.2) is 53.7 Å². The van der Waals surface area contributed by atoms with Crippen LogP contribution in [0.1, 0.15) is 39.6 Å². The summed E-state index contributed by atoms with van der Waals surface area (Å²) in [6.45, 7) is 8.52. The zero-order valence-electron chi connectivity index (χ0n) is 19.4. The van der Waals surface area contributed by atoms with Crippen molar-refractivity contribution in [2.24, 2.45) is 5.92 Å². The Balaban J connectivity index is 1.76. The number of anilines is 1. The van der Waals surface area contributed by atoms with Crippen molar-refractivity contribution in [3.63, 3.8) is 0 Å². The summed E-state index contributed by atoms with van der Waals surface area (Å²) in [6, 6.07) is 13.5. The molecule has 0 spiro atoms. The van der Waals surface area contributed by atoms with Crippen molar-refractivity contribution < 1.29 is 18.7 Å².